The first-order valence-electron chi connectivity index (χ1n) is 6.60. The summed E-state index contributed by atoms with van der Waals surface area (Å²) in [4.78, 5) is 12.1. The van der Waals surface area contributed by atoms with Crippen LogP contribution in [0.15, 0.2) is 23.1 Å². The van der Waals surface area contributed by atoms with Gasteiger partial charge >= 0.3 is 0 Å². The summed E-state index contributed by atoms with van der Waals surface area (Å²) in [7, 11) is -3.73. The third-order valence-electron chi connectivity index (χ3n) is 3.62. The molecule has 1 aliphatic rings. The van der Waals surface area contributed by atoms with Gasteiger partial charge in [0.15, 0.2) is 15.6 Å². The van der Waals surface area contributed by atoms with E-state index >= 15 is 0 Å². The average Bonchev–Trinajstić information content (AvgIpc) is 2.42. The van der Waals surface area contributed by atoms with Crippen molar-refractivity contribution in [2.24, 2.45) is 5.92 Å². The van der Waals surface area contributed by atoms with Gasteiger partial charge in [0.1, 0.15) is 5.75 Å². The summed E-state index contributed by atoms with van der Waals surface area (Å²) in [5.74, 6) is -0.824. The number of hydrogen-bond acceptors (Lipinski definition) is 3. The topological polar surface area (TPSA) is 51.2 Å². The SMILES string of the molecule is O=C(CS(=O)(=O)c1cc(Cl)ccc1Cl)C1CCCCC1. The van der Waals surface area contributed by atoms with Gasteiger partial charge in [-0.25, -0.2) is 8.42 Å². The predicted molar refractivity (Wildman–Crippen MR) is 80.1 cm³/mol. The van der Waals surface area contributed by atoms with Crippen LogP contribution in [0, 0.1) is 5.92 Å². The van der Waals surface area contributed by atoms with Gasteiger partial charge in [-0.2, -0.15) is 0 Å². The van der Waals surface area contributed by atoms with Gasteiger partial charge in [0.25, 0.3) is 0 Å². The van der Waals surface area contributed by atoms with Crippen molar-refractivity contribution in [1.82, 2.24) is 0 Å². The van der Waals surface area contributed by atoms with E-state index in [4.69, 9.17) is 23.2 Å². The van der Waals surface area contributed by atoms with E-state index in [9.17, 15) is 13.2 Å². The molecule has 0 unspecified atom stereocenters. The fourth-order valence-electron chi connectivity index (χ4n) is 2.52. The molecule has 1 saturated carbocycles. The zero-order valence-electron chi connectivity index (χ0n) is 10.9. The Morgan fingerprint density at radius 3 is 2.45 bits per heavy atom. The van der Waals surface area contributed by atoms with Gasteiger partial charge in [0.2, 0.25) is 0 Å². The summed E-state index contributed by atoms with van der Waals surface area (Å²) in [6.07, 6.45) is 4.69. The molecule has 0 aliphatic heterocycles. The average molecular weight is 335 g/mol. The fraction of sp³-hybridized carbons (Fsp3) is 0.500. The normalized spacial score (nSPS) is 17.1. The number of Topliss-reactive ketones (excluding diaryl/α,β-unsaturated/α-hetero) is 1. The van der Waals surface area contributed by atoms with Crippen molar-refractivity contribution < 1.29 is 13.2 Å². The highest BCUT2D eigenvalue weighted by Gasteiger charge is 2.28. The van der Waals surface area contributed by atoms with Gasteiger partial charge in [0, 0.05) is 10.9 Å². The minimum absolute atomic E-state index is 0.0594. The number of halogens is 2. The molecule has 20 heavy (non-hydrogen) atoms. The van der Waals surface area contributed by atoms with Crippen LogP contribution in [0.4, 0.5) is 0 Å². The van der Waals surface area contributed by atoms with Crippen LogP contribution in [0.1, 0.15) is 32.1 Å². The summed E-state index contributed by atoms with van der Waals surface area (Å²) in [5.41, 5.74) is 0. The van der Waals surface area contributed by atoms with Crippen LogP contribution < -0.4 is 0 Å². The molecule has 0 bridgehead atoms. The molecule has 6 heteroatoms. The van der Waals surface area contributed by atoms with E-state index in [2.05, 4.69) is 0 Å². The number of carbonyl (C=O) groups is 1. The number of ketones is 1. The second kappa shape index (κ2) is 6.46. The quantitative estimate of drug-likeness (QED) is 0.838. The number of sulfone groups is 1. The largest absolute Gasteiger partial charge is 0.298 e. The Bertz CT molecular complexity index is 605. The van der Waals surface area contributed by atoms with E-state index in [1.54, 1.807) is 0 Å². The highest BCUT2D eigenvalue weighted by molar-refractivity contribution is 7.92. The maximum Gasteiger partial charge on any atom is 0.186 e. The number of rotatable bonds is 4. The van der Waals surface area contributed by atoms with Crippen molar-refractivity contribution in [3.05, 3.63) is 28.2 Å². The van der Waals surface area contributed by atoms with Crippen LogP contribution in [0.2, 0.25) is 10.0 Å². The molecular formula is C14H16Cl2O3S. The van der Waals surface area contributed by atoms with Crippen LogP contribution in [-0.2, 0) is 14.6 Å². The summed E-state index contributed by atoms with van der Waals surface area (Å²) in [6.45, 7) is 0. The Kier molecular flexibility index (Phi) is 5.10. The summed E-state index contributed by atoms with van der Waals surface area (Å²) >= 11 is 11.7. The van der Waals surface area contributed by atoms with E-state index in [0.717, 1.165) is 32.1 Å². The maximum atomic E-state index is 12.3. The Balaban J connectivity index is 2.18. The molecular weight excluding hydrogens is 319 g/mol. The van der Waals surface area contributed by atoms with Gasteiger partial charge in [0.05, 0.1) is 9.92 Å². The molecule has 0 aromatic heterocycles. The van der Waals surface area contributed by atoms with Gasteiger partial charge in [-0.05, 0) is 31.0 Å². The zero-order valence-corrected chi connectivity index (χ0v) is 13.3. The monoisotopic (exact) mass is 334 g/mol. The highest BCUT2D eigenvalue weighted by Crippen LogP contribution is 2.29. The molecule has 3 nitrogen and oxygen atoms in total. The Morgan fingerprint density at radius 2 is 1.80 bits per heavy atom. The van der Waals surface area contributed by atoms with Crippen LogP contribution in [-0.4, -0.2) is 20.0 Å². The standard InChI is InChI=1S/C14H16Cl2O3S/c15-11-6-7-12(16)14(8-11)20(18,19)9-13(17)10-4-2-1-3-5-10/h6-8,10H,1-5,9H2. The van der Waals surface area contributed by atoms with E-state index in [0.29, 0.717) is 0 Å². The Hall–Kier alpha value is -0.580. The summed E-state index contributed by atoms with van der Waals surface area (Å²) in [5, 5.41) is 0.393. The second-order valence-electron chi connectivity index (χ2n) is 5.14. The smallest absolute Gasteiger partial charge is 0.186 e. The molecule has 0 spiro atoms. The lowest BCUT2D eigenvalue weighted by molar-refractivity contribution is -0.121. The Morgan fingerprint density at radius 1 is 1.15 bits per heavy atom. The van der Waals surface area contributed by atoms with Crippen molar-refractivity contribution in [3.63, 3.8) is 0 Å². The second-order valence-corrected chi connectivity index (χ2v) is 7.94. The molecule has 1 aromatic rings. The summed E-state index contributed by atoms with van der Waals surface area (Å²) in [6, 6.07) is 4.25. The van der Waals surface area contributed by atoms with Gasteiger partial charge in [-0.15, -0.1) is 0 Å². The third-order valence-corrected chi connectivity index (χ3v) is 5.97. The lowest BCUT2D eigenvalue weighted by atomic mass is 9.87. The van der Waals surface area contributed by atoms with Crippen molar-refractivity contribution >= 4 is 38.8 Å². The molecule has 110 valence electrons. The lowest BCUT2D eigenvalue weighted by Crippen LogP contribution is -2.25. The predicted octanol–water partition coefficient (Wildman–Crippen LogP) is 3.92. The van der Waals surface area contributed by atoms with Gasteiger partial charge in [-0.1, -0.05) is 42.5 Å². The molecule has 0 radical (unpaired) electrons. The highest BCUT2D eigenvalue weighted by atomic mass is 35.5. The molecule has 1 aromatic carbocycles. The Labute approximate surface area is 129 Å². The zero-order chi connectivity index (χ0) is 14.8. The van der Waals surface area contributed by atoms with Gasteiger partial charge in [-0.3, -0.25) is 4.79 Å². The van der Waals surface area contributed by atoms with Crippen molar-refractivity contribution in [3.8, 4) is 0 Å². The van der Waals surface area contributed by atoms with E-state index in [1.807, 2.05) is 0 Å². The minimum atomic E-state index is -3.73. The lowest BCUT2D eigenvalue weighted by Gasteiger charge is -2.20. The van der Waals surface area contributed by atoms with Gasteiger partial charge < -0.3 is 0 Å². The summed E-state index contributed by atoms with van der Waals surface area (Å²) < 4.78 is 24.6. The van der Waals surface area contributed by atoms with Crippen LogP contribution >= 0.6 is 23.2 Å². The first-order chi connectivity index (χ1) is 9.40. The minimum Gasteiger partial charge on any atom is -0.298 e. The van der Waals surface area contributed by atoms with E-state index in [-0.39, 0.29) is 26.6 Å². The van der Waals surface area contributed by atoms with E-state index < -0.39 is 15.6 Å². The molecule has 0 amide bonds. The molecule has 0 saturated heterocycles. The van der Waals surface area contributed by atoms with Crippen LogP contribution in [0.25, 0.3) is 0 Å². The molecule has 0 atom stereocenters. The third kappa shape index (κ3) is 3.74. The maximum absolute atomic E-state index is 12.3. The van der Waals surface area contributed by atoms with Crippen molar-refractivity contribution in [2.45, 2.75) is 37.0 Å². The first-order valence-corrected chi connectivity index (χ1v) is 9.01. The number of carbonyl (C=O) groups excluding carboxylic acids is 1. The van der Waals surface area contributed by atoms with Crippen LogP contribution in [0.3, 0.4) is 0 Å². The molecule has 0 heterocycles. The number of hydrogen-bond donors (Lipinski definition) is 0. The van der Waals surface area contributed by atoms with Crippen LogP contribution in [0.5, 0.6) is 0 Å². The first kappa shape index (κ1) is 15.8. The fourth-order valence-corrected chi connectivity index (χ4v) is 4.67. The number of benzene rings is 1. The van der Waals surface area contributed by atoms with Crippen molar-refractivity contribution in [1.29, 1.82) is 0 Å². The van der Waals surface area contributed by atoms with E-state index in [1.165, 1.54) is 18.2 Å². The van der Waals surface area contributed by atoms with Crippen molar-refractivity contribution in [2.75, 3.05) is 5.75 Å². The molecule has 1 aliphatic carbocycles. The molecule has 2 rings (SSSR count). The molecule has 1 fully saturated rings. The molecule has 0 N–H and O–H groups in total.